The molecule has 0 N–H and O–H groups in total. The molecule has 9 aromatic rings. The normalized spacial score (nSPS) is 11.8. The van der Waals surface area contributed by atoms with Gasteiger partial charge in [-0.1, -0.05) is 84.9 Å². The third kappa shape index (κ3) is 3.23. The van der Waals surface area contributed by atoms with Crippen LogP contribution in [-0.4, -0.2) is 19.1 Å². The summed E-state index contributed by atoms with van der Waals surface area (Å²) >= 11 is 0. The molecule has 4 heterocycles. The smallest absolute Gasteiger partial charge is 0.138 e. The summed E-state index contributed by atoms with van der Waals surface area (Å²) in [5.74, 6) is 0.888. The molecule has 0 spiro atoms. The Morgan fingerprint density at radius 1 is 0.429 bits per heavy atom. The van der Waals surface area contributed by atoms with Crippen molar-refractivity contribution in [2.75, 3.05) is 0 Å². The number of hydrogen-bond acceptors (Lipinski definition) is 2. The third-order valence-corrected chi connectivity index (χ3v) is 8.45. The Bertz CT molecular complexity index is 2450. The molecule has 4 nitrogen and oxygen atoms in total. The summed E-state index contributed by atoms with van der Waals surface area (Å²) in [5.41, 5.74) is 8.04. The molecule has 42 heavy (non-hydrogen) atoms. The highest BCUT2D eigenvalue weighted by atomic mass is 15.1. The van der Waals surface area contributed by atoms with Gasteiger partial charge < -0.3 is 4.57 Å². The van der Waals surface area contributed by atoms with E-state index in [9.17, 15) is 0 Å². The highest BCUT2D eigenvalue weighted by molar-refractivity contribution is 6.26. The molecule has 0 aliphatic rings. The summed E-state index contributed by atoms with van der Waals surface area (Å²) in [5, 5.41) is 7.35. The number of fused-ring (bicyclic) bond motifs is 9. The molecule has 0 amide bonds. The summed E-state index contributed by atoms with van der Waals surface area (Å²) in [7, 11) is 0. The first-order chi connectivity index (χ1) is 20.9. The van der Waals surface area contributed by atoms with Crippen LogP contribution < -0.4 is 0 Å². The van der Waals surface area contributed by atoms with E-state index < -0.39 is 0 Å². The molecule has 0 radical (unpaired) electrons. The van der Waals surface area contributed by atoms with E-state index in [0.29, 0.717) is 0 Å². The number of rotatable bonds is 3. The van der Waals surface area contributed by atoms with E-state index in [-0.39, 0.29) is 0 Å². The maximum absolute atomic E-state index is 4.91. The van der Waals surface area contributed by atoms with Crippen molar-refractivity contribution < 1.29 is 0 Å². The highest BCUT2D eigenvalue weighted by Gasteiger charge is 2.20. The first-order valence-corrected chi connectivity index (χ1v) is 14.2. The van der Waals surface area contributed by atoms with Crippen LogP contribution in [0.15, 0.2) is 146 Å². The molecule has 9 rings (SSSR count). The van der Waals surface area contributed by atoms with Gasteiger partial charge in [0.2, 0.25) is 0 Å². The minimum absolute atomic E-state index is 0.888. The zero-order valence-corrected chi connectivity index (χ0v) is 22.6. The Labute approximate surface area is 241 Å². The molecule has 0 aliphatic carbocycles. The van der Waals surface area contributed by atoms with Crippen LogP contribution in [0, 0.1) is 0 Å². The van der Waals surface area contributed by atoms with E-state index in [1.165, 1.54) is 43.4 Å². The fourth-order valence-electron chi connectivity index (χ4n) is 6.66. The lowest BCUT2D eigenvalue weighted by Gasteiger charge is -2.13. The van der Waals surface area contributed by atoms with Gasteiger partial charge in [-0.2, -0.15) is 0 Å². The molecular formula is C38H24N4. The standard InChI is InChI=1S/C38H24N4/c1-2-10-27(11-3-1)41-34-14-6-4-12-28(34)30-16-19-33-32(37(30)41)18-17-31-29-13-5-7-15-35(29)42(38(31)33)36-23-25(20-22-40-36)26-9-8-21-39-24-26/h1-24H. The van der Waals surface area contributed by atoms with Gasteiger partial charge in [0.1, 0.15) is 5.82 Å². The van der Waals surface area contributed by atoms with Crippen LogP contribution in [0.4, 0.5) is 0 Å². The van der Waals surface area contributed by atoms with E-state index >= 15 is 0 Å². The average molecular weight is 537 g/mol. The SMILES string of the molecule is c1ccc(-n2c3ccccc3c3ccc4c(ccc5c6ccccc6n(-c6cc(-c7cccnc7)ccn6)c54)c32)cc1. The Morgan fingerprint density at radius 2 is 1.02 bits per heavy atom. The number of para-hydroxylation sites is 3. The zero-order valence-electron chi connectivity index (χ0n) is 22.6. The van der Waals surface area contributed by atoms with Crippen LogP contribution in [0.1, 0.15) is 0 Å². The first kappa shape index (κ1) is 23.0. The molecule has 4 aromatic heterocycles. The van der Waals surface area contributed by atoms with Gasteiger partial charge in [-0.15, -0.1) is 0 Å². The van der Waals surface area contributed by atoms with E-state index in [2.05, 4.69) is 129 Å². The second-order valence-electron chi connectivity index (χ2n) is 10.7. The Kier molecular flexibility index (Phi) is 4.87. The number of pyridine rings is 2. The van der Waals surface area contributed by atoms with E-state index in [4.69, 9.17) is 4.98 Å². The maximum atomic E-state index is 4.91. The number of benzene rings is 5. The topological polar surface area (TPSA) is 35.6 Å². The van der Waals surface area contributed by atoms with Crippen molar-refractivity contribution in [2.45, 2.75) is 0 Å². The number of hydrogen-bond donors (Lipinski definition) is 0. The number of nitrogens with zero attached hydrogens (tertiary/aromatic N) is 4. The van der Waals surface area contributed by atoms with E-state index in [1.54, 1.807) is 6.20 Å². The van der Waals surface area contributed by atoms with Crippen molar-refractivity contribution in [3.8, 4) is 22.6 Å². The van der Waals surface area contributed by atoms with Gasteiger partial charge in [0.05, 0.1) is 22.1 Å². The Morgan fingerprint density at radius 3 is 1.69 bits per heavy atom. The van der Waals surface area contributed by atoms with Gasteiger partial charge in [0, 0.05) is 62.2 Å². The molecule has 5 aromatic carbocycles. The van der Waals surface area contributed by atoms with Crippen LogP contribution in [0.3, 0.4) is 0 Å². The number of aromatic nitrogens is 4. The fourth-order valence-corrected chi connectivity index (χ4v) is 6.66. The molecule has 0 atom stereocenters. The van der Waals surface area contributed by atoms with Crippen molar-refractivity contribution in [1.29, 1.82) is 0 Å². The monoisotopic (exact) mass is 536 g/mol. The molecule has 0 fully saturated rings. The summed E-state index contributed by atoms with van der Waals surface area (Å²) < 4.78 is 4.74. The van der Waals surface area contributed by atoms with E-state index in [0.717, 1.165) is 33.7 Å². The van der Waals surface area contributed by atoms with Gasteiger partial charge in [-0.05, 0) is 48.0 Å². The summed E-state index contributed by atoms with van der Waals surface area (Å²) in [6, 6.07) is 45.5. The largest absolute Gasteiger partial charge is 0.309 e. The Hall–Kier alpha value is -5.74. The van der Waals surface area contributed by atoms with Crippen LogP contribution in [-0.2, 0) is 0 Å². The highest BCUT2D eigenvalue weighted by Crippen LogP contribution is 2.42. The fraction of sp³-hybridized carbons (Fsp3) is 0. The van der Waals surface area contributed by atoms with Crippen LogP contribution in [0.25, 0.3) is 77.0 Å². The Balaban J connectivity index is 1.44. The summed E-state index contributed by atoms with van der Waals surface area (Å²) in [6.45, 7) is 0. The third-order valence-electron chi connectivity index (χ3n) is 8.45. The van der Waals surface area contributed by atoms with Gasteiger partial charge in [0.25, 0.3) is 0 Å². The molecule has 0 saturated heterocycles. The average Bonchev–Trinajstić information content (AvgIpc) is 3.59. The molecule has 0 saturated carbocycles. The van der Waals surface area contributed by atoms with Gasteiger partial charge >= 0.3 is 0 Å². The van der Waals surface area contributed by atoms with Crippen molar-refractivity contribution in [3.05, 3.63) is 146 Å². The van der Waals surface area contributed by atoms with Crippen LogP contribution >= 0.6 is 0 Å². The zero-order chi connectivity index (χ0) is 27.6. The second kappa shape index (κ2) is 8.88. The van der Waals surface area contributed by atoms with E-state index in [1.807, 2.05) is 24.5 Å². The van der Waals surface area contributed by atoms with Crippen LogP contribution in [0.5, 0.6) is 0 Å². The minimum Gasteiger partial charge on any atom is -0.309 e. The predicted octanol–water partition coefficient (Wildman–Crippen LogP) is 9.49. The van der Waals surface area contributed by atoms with Crippen molar-refractivity contribution in [2.24, 2.45) is 0 Å². The van der Waals surface area contributed by atoms with Gasteiger partial charge in [-0.3, -0.25) is 9.55 Å². The van der Waals surface area contributed by atoms with Crippen molar-refractivity contribution >= 4 is 54.4 Å². The van der Waals surface area contributed by atoms with Crippen LogP contribution in [0.2, 0.25) is 0 Å². The molecule has 0 aliphatic heterocycles. The van der Waals surface area contributed by atoms with Crippen molar-refractivity contribution in [1.82, 2.24) is 19.1 Å². The minimum atomic E-state index is 0.888. The van der Waals surface area contributed by atoms with Crippen molar-refractivity contribution in [3.63, 3.8) is 0 Å². The van der Waals surface area contributed by atoms with Gasteiger partial charge in [-0.25, -0.2) is 4.98 Å². The lowest BCUT2D eigenvalue weighted by Crippen LogP contribution is -1.99. The predicted molar refractivity (Wildman–Crippen MR) is 174 cm³/mol. The quantitative estimate of drug-likeness (QED) is 0.225. The summed E-state index contributed by atoms with van der Waals surface area (Å²) in [6.07, 6.45) is 5.61. The molecular weight excluding hydrogens is 512 g/mol. The first-order valence-electron chi connectivity index (χ1n) is 14.2. The molecule has 196 valence electrons. The summed E-state index contributed by atoms with van der Waals surface area (Å²) in [4.78, 5) is 9.26. The maximum Gasteiger partial charge on any atom is 0.138 e. The molecule has 0 bridgehead atoms. The van der Waals surface area contributed by atoms with Gasteiger partial charge in [0.15, 0.2) is 0 Å². The lowest BCUT2D eigenvalue weighted by atomic mass is 10.0. The second-order valence-corrected chi connectivity index (χ2v) is 10.7. The molecule has 0 unspecified atom stereocenters. The molecule has 4 heteroatoms. The lowest BCUT2D eigenvalue weighted by molar-refractivity contribution is 1.08.